The second kappa shape index (κ2) is 11.1. The van der Waals surface area contributed by atoms with Crippen molar-refractivity contribution in [3.63, 3.8) is 0 Å². The molecule has 1 heterocycles. The number of aromatic nitrogens is 1. The van der Waals surface area contributed by atoms with Gasteiger partial charge in [0.15, 0.2) is 5.96 Å². The van der Waals surface area contributed by atoms with Gasteiger partial charge in [0.1, 0.15) is 5.76 Å². The number of aliphatic hydroxyl groups is 1. The lowest BCUT2D eigenvalue weighted by Gasteiger charge is -2.32. The molecule has 0 amide bonds. The first-order chi connectivity index (χ1) is 12.1. The minimum atomic E-state index is 0.102. The molecule has 0 aliphatic carbocycles. The average molecular weight is 353 g/mol. The van der Waals surface area contributed by atoms with Gasteiger partial charge in [-0.25, -0.2) is 4.99 Å². The zero-order valence-corrected chi connectivity index (χ0v) is 16.6. The van der Waals surface area contributed by atoms with Crippen molar-refractivity contribution >= 4 is 5.96 Å². The summed E-state index contributed by atoms with van der Waals surface area (Å²) >= 11 is 0. The Kier molecular flexibility index (Phi) is 9.57. The van der Waals surface area contributed by atoms with Gasteiger partial charge in [0.05, 0.1) is 12.2 Å². The number of rotatable bonds is 11. The number of nitrogens with zero attached hydrogens (tertiary/aromatic N) is 2. The van der Waals surface area contributed by atoms with Crippen molar-refractivity contribution in [2.75, 3.05) is 19.7 Å². The van der Waals surface area contributed by atoms with Gasteiger partial charge in [0.2, 0.25) is 0 Å². The Hall–Kier alpha value is -1.56. The molecule has 144 valence electrons. The molecule has 1 rings (SSSR count). The van der Waals surface area contributed by atoms with Crippen LogP contribution < -0.4 is 10.6 Å². The standard InChI is InChI=1S/C19H36N4O2/c1-6-16-15(17(7-2)25-23-16)13-21-18(20-10-5)22-14-19(8-3,9-4)11-12-24/h24H,6-14H2,1-5H3,(H2,20,21,22). The predicted octanol–water partition coefficient (Wildman–Crippen LogP) is 3.04. The van der Waals surface area contributed by atoms with Gasteiger partial charge >= 0.3 is 0 Å². The summed E-state index contributed by atoms with van der Waals surface area (Å²) < 4.78 is 5.42. The van der Waals surface area contributed by atoms with Crippen LogP contribution in [0.4, 0.5) is 0 Å². The minimum absolute atomic E-state index is 0.102. The molecular weight excluding hydrogens is 316 g/mol. The molecular formula is C19H36N4O2. The van der Waals surface area contributed by atoms with Crippen molar-refractivity contribution in [1.29, 1.82) is 0 Å². The van der Waals surface area contributed by atoms with E-state index >= 15 is 0 Å². The highest BCUT2D eigenvalue weighted by Crippen LogP contribution is 2.29. The third kappa shape index (κ3) is 6.03. The highest BCUT2D eigenvalue weighted by molar-refractivity contribution is 5.79. The van der Waals surface area contributed by atoms with Crippen LogP contribution in [0, 0.1) is 5.41 Å². The summed E-state index contributed by atoms with van der Waals surface area (Å²) in [4.78, 5) is 4.74. The van der Waals surface area contributed by atoms with Crippen LogP contribution in [0.3, 0.4) is 0 Å². The van der Waals surface area contributed by atoms with Gasteiger partial charge in [-0.1, -0.05) is 32.9 Å². The molecule has 0 fully saturated rings. The van der Waals surface area contributed by atoms with Crippen molar-refractivity contribution in [1.82, 2.24) is 15.8 Å². The Morgan fingerprint density at radius 1 is 1.12 bits per heavy atom. The molecule has 1 aromatic rings. The summed E-state index contributed by atoms with van der Waals surface area (Å²) in [6.45, 7) is 13.0. The van der Waals surface area contributed by atoms with Gasteiger partial charge in [0, 0.05) is 31.7 Å². The smallest absolute Gasteiger partial charge is 0.191 e. The molecule has 0 saturated carbocycles. The Bertz CT molecular complexity index is 500. The van der Waals surface area contributed by atoms with Crippen LogP contribution in [0.5, 0.6) is 0 Å². The highest BCUT2D eigenvalue weighted by Gasteiger charge is 2.25. The molecule has 0 bridgehead atoms. The van der Waals surface area contributed by atoms with Crippen LogP contribution in [-0.4, -0.2) is 35.9 Å². The van der Waals surface area contributed by atoms with Crippen molar-refractivity contribution < 1.29 is 9.63 Å². The fourth-order valence-electron chi connectivity index (χ4n) is 3.07. The van der Waals surface area contributed by atoms with E-state index in [1.54, 1.807) is 0 Å². The van der Waals surface area contributed by atoms with E-state index in [0.29, 0.717) is 6.54 Å². The van der Waals surface area contributed by atoms with E-state index < -0.39 is 0 Å². The van der Waals surface area contributed by atoms with Gasteiger partial charge in [-0.15, -0.1) is 0 Å². The molecule has 0 atom stereocenters. The van der Waals surface area contributed by atoms with E-state index in [1.807, 2.05) is 0 Å². The first-order valence-corrected chi connectivity index (χ1v) is 9.68. The highest BCUT2D eigenvalue weighted by atomic mass is 16.5. The third-order valence-electron chi connectivity index (χ3n) is 5.12. The largest absolute Gasteiger partial charge is 0.396 e. The van der Waals surface area contributed by atoms with Crippen LogP contribution >= 0.6 is 0 Å². The molecule has 0 saturated heterocycles. The maximum atomic E-state index is 9.39. The first kappa shape index (κ1) is 21.5. The van der Waals surface area contributed by atoms with E-state index in [2.05, 4.69) is 50.4 Å². The van der Waals surface area contributed by atoms with Gasteiger partial charge < -0.3 is 20.3 Å². The van der Waals surface area contributed by atoms with Crippen LogP contribution in [0.2, 0.25) is 0 Å². The SMILES string of the molecule is CCNC(=NCc1c(CC)noc1CC)NCC(CC)(CC)CCO. The third-order valence-corrected chi connectivity index (χ3v) is 5.12. The summed E-state index contributed by atoms with van der Waals surface area (Å²) in [6.07, 6.45) is 4.54. The normalized spacial score (nSPS) is 12.5. The van der Waals surface area contributed by atoms with E-state index in [0.717, 1.165) is 68.2 Å². The van der Waals surface area contributed by atoms with Crippen LogP contribution in [0.1, 0.15) is 70.9 Å². The molecule has 1 aromatic heterocycles. The molecule has 0 radical (unpaired) electrons. The van der Waals surface area contributed by atoms with E-state index in [1.165, 1.54) is 0 Å². The number of nitrogens with one attached hydrogen (secondary N) is 2. The van der Waals surface area contributed by atoms with Crippen molar-refractivity contribution in [3.05, 3.63) is 17.0 Å². The zero-order chi connectivity index (χ0) is 18.7. The zero-order valence-electron chi connectivity index (χ0n) is 16.6. The molecule has 25 heavy (non-hydrogen) atoms. The fourth-order valence-corrected chi connectivity index (χ4v) is 3.07. The van der Waals surface area contributed by atoms with E-state index in [9.17, 15) is 5.11 Å². The van der Waals surface area contributed by atoms with Gasteiger partial charge in [0.25, 0.3) is 0 Å². The lowest BCUT2D eigenvalue weighted by molar-refractivity contribution is 0.169. The molecule has 0 unspecified atom stereocenters. The number of hydrogen-bond acceptors (Lipinski definition) is 4. The topological polar surface area (TPSA) is 82.7 Å². The maximum Gasteiger partial charge on any atom is 0.191 e. The van der Waals surface area contributed by atoms with E-state index in [-0.39, 0.29) is 12.0 Å². The van der Waals surface area contributed by atoms with Gasteiger partial charge in [-0.05, 0) is 38.0 Å². The van der Waals surface area contributed by atoms with Crippen LogP contribution in [0.15, 0.2) is 9.52 Å². The Morgan fingerprint density at radius 3 is 2.36 bits per heavy atom. The van der Waals surface area contributed by atoms with E-state index in [4.69, 9.17) is 9.52 Å². The van der Waals surface area contributed by atoms with Gasteiger partial charge in [-0.2, -0.15) is 0 Å². The van der Waals surface area contributed by atoms with Crippen molar-refractivity contribution in [2.24, 2.45) is 10.4 Å². The predicted molar refractivity (Wildman–Crippen MR) is 103 cm³/mol. The Balaban J connectivity index is 2.85. The minimum Gasteiger partial charge on any atom is -0.396 e. The second-order valence-electron chi connectivity index (χ2n) is 6.47. The maximum absolute atomic E-state index is 9.39. The van der Waals surface area contributed by atoms with Crippen LogP contribution in [-0.2, 0) is 19.4 Å². The first-order valence-electron chi connectivity index (χ1n) is 9.68. The number of aryl methyl sites for hydroxylation is 2. The Morgan fingerprint density at radius 2 is 1.84 bits per heavy atom. The molecule has 6 heteroatoms. The molecule has 0 aliphatic heterocycles. The summed E-state index contributed by atoms with van der Waals surface area (Å²) in [5, 5.41) is 20.3. The molecule has 0 aliphatic rings. The average Bonchev–Trinajstić information content (AvgIpc) is 3.04. The summed E-state index contributed by atoms with van der Waals surface area (Å²) in [6, 6.07) is 0. The second-order valence-corrected chi connectivity index (χ2v) is 6.47. The monoisotopic (exact) mass is 352 g/mol. The van der Waals surface area contributed by atoms with Crippen molar-refractivity contribution in [2.45, 2.75) is 73.3 Å². The number of guanidine groups is 1. The molecule has 6 nitrogen and oxygen atoms in total. The molecule has 0 aromatic carbocycles. The number of aliphatic imine (C=N–C) groups is 1. The molecule has 0 spiro atoms. The molecule has 3 N–H and O–H groups in total. The number of hydrogen-bond donors (Lipinski definition) is 3. The quantitative estimate of drug-likeness (QED) is 0.421. The number of aliphatic hydroxyl groups excluding tert-OH is 1. The summed E-state index contributed by atoms with van der Waals surface area (Å²) in [5.41, 5.74) is 2.20. The summed E-state index contributed by atoms with van der Waals surface area (Å²) in [7, 11) is 0. The van der Waals surface area contributed by atoms with Crippen molar-refractivity contribution in [3.8, 4) is 0 Å². The fraction of sp³-hybridized carbons (Fsp3) is 0.789. The summed E-state index contributed by atoms with van der Waals surface area (Å²) in [5.74, 6) is 1.73. The van der Waals surface area contributed by atoms with Gasteiger partial charge in [-0.3, -0.25) is 0 Å². The Labute approximate surface area is 152 Å². The van der Waals surface area contributed by atoms with Crippen LogP contribution in [0.25, 0.3) is 0 Å². The lowest BCUT2D eigenvalue weighted by atomic mass is 9.79. The lowest BCUT2D eigenvalue weighted by Crippen LogP contribution is -2.43.